The van der Waals surface area contributed by atoms with Gasteiger partial charge in [-0.25, -0.2) is 9.97 Å². The molecule has 1 N–H and O–H groups in total. The highest BCUT2D eigenvalue weighted by molar-refractivity contribution is 5.60. The van der Waals surface area contributed by atoms with Gasteiger partial charge in [0.1, 0.15) is 5.82 Å². The Morgan fingerprint density at radius 3 is 2.40 bits per heavy atom. The Morgan fingerprint density at radius 2 is 1.85 bits per heavy atom. The minimum atomic E-state index is -0.176. The highest BCUT2D eigenvalue weighted by atomic mass is 16.3. The lowest BCUT2D eigenvalue weighted by atomic mass is 10.0. The summed E-state index contributed by atoms with van der Waals surface area (Å²) in [4.78, 5) is 9.22. The van der Waals surface area contributed by atoms with Gasteiger partial charge in [0, 0.05) is 11.3 Å². The first-order valence-corrected chi connectivity index (χ1v) is 7.23. The SMILES string of the molecule is CCc1ccc(-c2cc(C)nc(C3(CO)CC3)n2)cc1. The van der Waals surface area contributed by atoms with E-state index in [2.05, 4.69) is 36.2 Å². The highest BCUT2D eigenvalue weighted by Gasteiger charge is 2.46. The maximum absolute atomic E-state index is 9.55. The zero-order valence-corrected chi connectivity index (χ0v) is 12.1. The van der Waals surface area contributed by atoms with Crippen molar-refractivity contribution in [2.24, 2.45) is 0 Å². The van der Waals surface area contributed by atoms with Crippen LogP contribution in [0.2, 0.25) is 0 Å². The fourth-order valence-electron chi connectivity index (χ4n) is 2.47. The van der Waals surface area contributed by atoms with Crippen LogP contribution in [0.25, 0.3) is 11.3 Å². The van der Waals surface area contributed by atoms with Gasteiger partial charge in [0.15, 0.2) is 0 Å². The summed E-state index contributed by atoms with van der Waals surface area (Å²) in [6.07, 6.45) is 3.02. The molecule has 0 atom stereocenters. The molecule has 1 fully saturated rings. The van der Waals surface area contributed by atoms with Crippen LogP contribution in [-0.2, 0) is 11.8 Å². The van der Waals surface area contributed by atoms with Crippen molar-refractivity contribution in [2.45, 2.75) is 38.5 Å². The third-order valence-electron chi connectivity index (χ3n) is 4.14. The molecular formula is C17H20N2O. The normalized spacial score (nSPS) is 16.1. The van der Waals surface area contributed by atoms with E-state index < -0.39 is 0 Å². The van der Waals surface area contributed by atoms with Crippen LogP contribution < -0.4 is 0 Å². The van der Waals surface area contributed by atoms with E-state index >= 15 is 0 Å². The van der Waals surface area contributed by atoms with Gasteiger partial charge in [0.25, 0.3) is 0 Å². The van der Waals surface area contributed by atoms with Gasteiger partial charge in [-0.1, -0.05) is 31.2 Å². The molecule has 1 aromatic heterocycles. The van der Waals surface area contributed by atoms with Gasteiger partial charge in [-0.15, -0.1) is 0 Å². The molecule has 20 heavy (non-hydrogen) atoms. The predicted octanol–water partition coefficient (Wildman–Crippen LogP) is 3.04. The molecule has 0 saturated heterocycles. The van der Waals surface area contributed by atoms with Gasteiger partial charge >= 0.3 is 0 Å². The molecule has 0 aliphatic heterocycles. The van der Waals surface area contributed by atoms with E-state index in [9.17, 15) is 5.11 Å². The van der Waals surface area contributed by atoms with Crippen LogP contribution in [0.15, 0.2) is 30.3 Å². The largest absolute Gasteiger partial charge is 0.395 e. The van der Waals surface area contributed by atoms with Crippen molar-refractivity contribution in [1.82, 2.24) is 9.97 Å². The Balaban J connectivity index is 2.00. The molecule has 1 saturated carbocycles. The van der Waals surface area contributed by atoms with Gasteiger partial charge in [-0.2, -0.15) is 0 Å². The highest BCUT2D eigenvalue weighted by Crippen LogP contribution is 2.46. The Kier molecular flexibility index (Phi) is 3.30. The molecule has 0 spiro atoms. The second-order valence-electron chi connectivity index (χ2n) is 5.71. The van der Waals surface area contributed by atoms with Crippen molar-refractivity contribution < 1.29 is 5.11 Å². The van der Waals surface area contributed by atoms with Crippen LogP contribution in [0.5, 0.6) is 0 Å². The maximum atomic E-state index is 9.55. The van der Waals surface area contributed by atoms with E-state index in [-0.39, 0.29) is 12.0 Å². The quantitative estimate of drug-likeness (QED) is 0.927. The second-order valence-corrected chi connectivity index (χ2v) is 5.71. The topological polar surface area (TPSA) is 46.0 Å². The van der Waals surface area contributed by atoms with Gasteiger partial charge < -0.3 is 5.11 Å². The molecule has 3 rings (SSSR count). The summed E-state index contributed by atoms with van der Waals surface area (Å²) < 4.78 is 0. The summed E-state index contributed by atoms with van der Waals surface area (Å²) in [7, 11) is 0. The summed E-state index contributed by atoms with van der Waals surface area (Å²) in [5.74, 6) is 0.801. The first-order valence-electron chi connectivity index (χ1n) is 7.23. The standard InChI is InChI=1S/C17H20N2O/c1-3-13-4-6-14(7-5-13)15-10-12(2)18-16(19-15)17(11-20)8-9-17/h4-7,10,20H,3,8-9,11H2,1-2H3. The van der Waals surface area contributed by atoms with Crippen LogP contribution in [0.3, 0.4) is 0 Å². The molecule has 1 heterocycles. The molecule has 0 bridgehead atoms. The first kappa shape index (κ1) is 13.3. The third kappa shape index (κ3) is 2.34. The summed E-state index contributed by atoms with van der Waals surface area (Å²) in [5, 5.41) is 9.55. The van der Waals surface area contributed by atoms with Crippen LogP contribution in [-0.4, -0.2) is 21.7 Å². The van der Waals surface area contributed by atoms with Crippen molar-refractivity contribution in [1.29, 1.82) is 0 Å². The van der Waals surface area contributed by atoms with Gasteiger partial charge in [0.05, 0.1) is 17.7 Å². The summed E-state index contributed by atoms with van der Waals surface area (Å²) in [6.45, 7) is 4.28. The number of aryl methyl sites for hydroxylation is 2. The maximum Gasteiger partial charge on any atom is 0.137 e. The third-order valence-corrected chi connectivity index (χ3v) is 4.14. The van der Waals surface area contributed by atoms with Crippen molar-refractivity contribution in [3.8, 4) is 11.3 Å². The predicted molar refractivity (Wildman–Crippen MR) is 79.6 cm³/mol. The molecule has 1 aliphatic rings. The van der Waals surface area contributed by atoms with Gasteiger partial charge in [0.2, 0.25) is 0 Å². The zero-order valence-electron chi connectivity index (χ0n) is 12.1. The summed E-state index contributed by atoms with van der Waals surface area (Å²) >= 11 is 0. The van der Waals surface area contributed by atoms with E-state index in [4.69, 9.17) is 4.98 Å². The smallest absolute Gasteiger partial charge is 0.137 e. The van der Waals surface area contributed by atoms with Crippen LogP contribution >= 0.6 is 0 Å². The second kappa shape index (κ2) is 4.98. The zero-order chi connectivity index (χ0) is 14.2. The fourth-order valence-corrected chi connectivity index (χ4v) is 2.47. The van der Waals surface area contributed by atoms with Crippen molar-refractivity contribution in [3.05, 3.63) is 47.4 Å². The molecular weight excluding hydrogens is 248 g/mol. The average molecular weight is 268 g/mol. The van der Waals surface area contributed by atoms with Gasteiger partial charge in [-0.05, 0) is 37.8 Å². The number of aliphatic hydroxyl groups is 1. The number of benzene rings is 1. The van der Waals surface area contributed by atoms with Crippen LogP contribution in [0, 0.1) is 6.92 Å². The minimum Gasteiger partial charge on any atom is -0.395 e. The molecule has 3 heteroatoms. The number of hydrogen-bond donors (Lipinski definition) is 1. The van der Waals surface area contributed by atoms with Gasteiger partial charge in [-0.3, -0.25) is 0 Å². The van der Waals surface area contributed by atoms with Crippen LogP contribution in [0.4, 0.5) is 0 Å². The van der Waals surface area contributed by atoms with Crippen molar-refractivity contribution in [2.75, 3.05) is 6.61 Å². The molecule has 0 amide bonds. The lowest BCUT2D eigenvalue weighted by Gasteiger charge is -2.13. The molecule has 3 nitrogen and oxygen atoms in total. The minimum absolute atomic E-state index is 0.144. The number of hydrogen-bond acceptors (Lipinski definition) is 3. The molecule has 1 aromatic carbocycles. The van der Waals surface area contributed by atoms with Crippen LogP contribution in [0.1, 0.15) is 36.8 Å². The van der Waals surface area contributed by atoms with Crippen molar-refractivity contribution >= 4 is 0 Å². The Morgan fingerprint density at radius 1 is 1.15 bits per heavy atom. The lowest BCUT2D eigenvalue weighted by molar-refractivity contribution is 0.249. The number of aliphatic hydroxyl groups excluding tert-OH is 1. The number of nitrogens with zero attached hydrogens (tertiary/aromatic N) is 2. The first-order chi connectivity index (χ1) is 9.66. The van der Waals surface area contributed by atoms with E-state index in [1.807, 2.05) is 13.0 Å². The summed E-state index contributed by atoms with van der Waals surface area (Å²) in [5.41, 5.74) is 4.18. The molecule has 2 aromatic rings. The number of aromatic nitrogens is 2. The summed E-state index contributed by atoms with van der Waals surface area (Å²) in [6, 6.07) is 10.5. The van der Waals surface area contributed by atoms with E-state index in [0.29, 0.717) is 0 Å². The Labute approximate surface area is 119 Å². The molecule has 0 unspecified atom stereocenters. The Hall–Kier alpha value is -1.74. The average Bonchev–Trinajstić information content (AvgIpc) is 3.28. The van der Waals surface area contributed by atoms with Crippen molar-refractivity contribution in [3.63, 3.8) is 0 Å². The monoisotopic (exact) mass is 268 g/mol. The Bertz CT molecular complexity index is 615. The van der Waals surface area contributed by atoms with E-state index in [1.54, 1.807) is 0 Å². The molecule has 0 radical (unpaired) electrons. The lowest BCUT2D eigenvalue weighted by Crippen LogP contribution is -2.17. The molecule has 1 aliphatic carbocycles. The fraction of sp³-hybridized carbons (Fsp3) is 0.412. The van der Waals surface area contributed by atoms with E-state index in [0.717, 1.165) is 42.0 Å². The molecule has 104 valence electrons. The number of rotatable bonds is 4. The van der Waals surface area contributed by atoms with E-state index in [1.165, 1.54) is 5.56 Å².